The summed E-state index contributed by atoms with van der Waals surface area (Å²) >= 11 is 0. The van der Waals surface area contributed by atoms with Gasteiger partial charge in [0, 0.05) is 25.7 Å². The second-order valence-corrected chi connectivity index (χ2v) is 8.68. The minimum atomic E-state index is -0.772. The Balaban J connectivity index is 1.43. The SMILES string of the molecule is Cc1nc(-c2cnn(C)c2CNc2nccc(OCCCF)n2)ncc1O[C@H]1CCC[C@H](C(=O)O)C1. The molecule has 0 spiro atoms. The molecule has 0 bridgehead atoms. The maximum atomic E-state index is 12.3. The molecule has 2 N–H and O–H groups in total. The third-order valence-corrected chi connectivity index (χ3v) is 6.08. The number of ether oxygens (including phenoxy) is 2. The van der Waals surface area contributed by atoms with Gasteiger partial charge in [-0.3, -0.25) is 13.9 Å². The highest BCUT2D eigenvalue weighted by atomic mass is 19.1. The number of aromatic nitrogens is 6. The van der Waals surface area contributed by atoms with Gasteiger partial charge in [0.1, 0.15) is 0 Å². The van der Waals surface area contributed by atoms with Crippen molar-refractivity contribution in [1.82, 2.24) is 29.7 Å². The molecular weight excluding hydrogens is 469 g/mol. The van der Waals surface area contributed by atoms with E-state index < -0.39 is 12.6 Å². The summed E-state index contributed by atoms with van der Waals surface area (Å²) < 4.78 is 25.5. The van der Waals surface area contributed by atoms with Crippen molar-refractivity contribution in [3.8, 4) is 23.0 Å². The first-order chi connectivity index (χ1) is 17.4. The second kappa shape index (κ2) is 11.7. The maximum Gasteiger partial charge on any atom is 0.306 e. The van der Waals surface area contributed by atoms with Gasteiger partial charge in [0.05, 0.1) is 61.2 Å². The zero-order chi connectivity index (χ0) is 25.5. The summed E-state index contributed by atoms with van der Waals surface area (Å²) in [5, 5.41) is 16.8. The summed E-state index contributed by atoms with van der Waals surface area (Å²) in [6.45, 7) is 2.00. The van der Waals surface area contributed by atoms with Crippen molar-refractivity contribution >= 4 is 11.9 Å². The summed E-state index contributed by atoms with van der Waals surface area (Å²) in [6, 6.07) is 1.62. The number of aryl methyl sites for hydroxylation is 2. The summed E-state index contributed by atoms with van der Waals surface area (Å²) in [7, 11) is 1.82. The fraction of sp³-hybridized carbons (Fsp3) is 0.500. The smallest absolute Gasteiger partial charge is 0.306 e. The van der Waals surface area contributed by atoms with E-state index >= 15 is 0 Å². The van der Waals surface area contributed by atoms with Gasteiger partial charge < -0.3 is 19.9 Å². The molecule has 11 nitrogen and oxygen atoms in total. The lowest BCUT2D eigenvalue weighted by Gasteiger charge is -2.27. The number of carboxylic acid groups (broad SMARTS) is 1. The van der Waals surface area contributed by atoms with Crippen LogP contribution in [0.1, 0.15) is 43.5 Å². The van der Waals surface area contributed by atoms with Crippen molar-refractivity contribution in [3.05, 3.63) is 36.0 Å². The summed E-state index contributed by atoms with van der Waals surface area (Å²) in [4.78, 5) is 29.0. The molecule has 36 heavy (non-hydrogen) atoms. The summed E-state index contributed by atoms with van der Waals surface area (Å²) in [5.74, 6) is 0.644. The Morgan fingerprint density at radius 2 is 2.14 bits per heavy atom. The van der Waals surface area contributed by atoms with Crippen LogP contribution in [0.4, 0.5) is 10.3 Å². The van der Waals surface area contributed by atoms with Crippen LogP contribution in [0.5, 0.6) is 11.6 Å². The highest BCUT2D eigenvalue weighted by molar-refractivity contribution is 5.70. The average molecular weight is 500 g/mol. The Hall–Kier alpha value is -3.83. The molecule has 0 radical (unpaired) electrons. The van der Waals surface area contributed by atoms with Crippen LogP contribution in [0.25, 0.3) is 11.4 Å². The average Bonchev–Trinajstić information content (AvgIpc) is 3.24. The number of carboxylic acids is 1. The second-order valence-electron chi connectivity index (χ2n) is 8.68. The van der Waals surface area contributed by atoms with E-state index in [1.807, 2.05) is 14.0 Å². The molecular formula is C24H30FN7O4. The zero-order valence-corrected chi connectivity index (χ0v) is 20.4. The fourth-order valence-electron chi connectivity index (χ4n) is 4.12. The van der Waals surface area contributed by atoms with Gasteiger partial charge >= 0.3 is 5.97 Å². The third kappa shape index (κ3) is 6.23. The number of hydrogen-bond donors (Lipinski definition) is 2. The van der Waals surface area contributed by atoms with E-state index in [1.165, 1.54) is 0 Å². The predicted octanol–water partition coefficient (Wildman–Crippen LogP) is 3.35. The van der Waals surface area contributed by atoms with Gasteiger partial charge in [0.2, 0.25) is 11.8 Å². The van der Waals surface area contributed by atoms with E-state index in [1.54, 1.807) is 29.3 Å². The lowest BCUT2D eigenvalue weighted by molar-refractivity contribution is -0.143. The number of aliphatic carboxylic acids is 1. The molecule has 192 valence electrons. The van der Waals surface area contributed by atoms with Crippen molar-refractivity contribution in [1.29, 1.82) is 0 Å². The summed E-state index contributed by atoms with van der Waals surface area (Å²) in [5.41, 5.74) is 2.24. The van der Waals surface area contributed by atoms with Gasteiger partial charge in [-0.15, -0.1) is 0 Å². The lowest BCUT2D eigenvalue weighted by atomic mass is 9.87. The highest BCUT2D eigenvalue weighted by Gasteiger charge is 2.28. The third-order valence-electron chi connectivity index (χ3n) is 6.08. The van der Waals surface area contributed by atoms with Crippen molar-refractivity contribution < 1.29 is 23.8 Å². The molecule has 1 aliphatic carbocycles. The molecule has 1 fully saturated rings. The number of halogens is 1. The molecule has 0 unspecified atom stereocenters. The molecule has 4 rings (SSSR count). The fourth-order valence-corrected chi connectivity index (χ4v) is 4.12. The van der Waals surface area contributed by atoms with Gasteiger partial charge in [0.15, 0.2) is 11.6 Å². The van der Waals surface area contributed by atoms with Crippen molar-refractivity contribution in [2.75, 3.05) is 18.6 Å². The molecule has 0 saturated heterocycles. The first-order valence-electron chi connectivity index (χ1n) is 11.9. The molecule has 1 saturated carbocycles. The quantitative estimate of drug-likeness (QED) is 0.378. The van der Waals surface area contributed by atoms with Crippen molar-refractivity contribution in [2.24, 2.45) is 13.0 Å². The minimum Gasteiger partial charge on any atom is -0.487 e. The standard InChI is InChI=1S/C24H30FN7O4/c1-15-20(36-17-6-3-5-16(11-17)23(33)34)14-27-22(30-15)18-12-29-32(2)19(18)13-28-24-26-9-7-21(31-24)35-10-4-8-25/h7,9,12,14,16-17H,3-6,8,10-11,13H2,1-2H3,(H,33,34)(H,26,28,31)/t16-,17-/m0/s1. The lowest BCUT2D eigenvalue weighted by Crippen LogP contribution is -2.29. The predicted molar refractivity (Wildman–Crippen MR) is 128 cm³/mol. The van der Waals surface area contributed by atoms with E-state index in [0.717, 1.165) is 24.1 Å². The molecule has 3 aromatic rings. The number of carbonyl (C=O) groups is 1. The van der Waals surface area contributed by atoms with Crippen LogP contribution in [0, 0.1) is 12.8 Å². The van der Waals surface area contributed by atoms with Crippen LogP contribution >= 0.6 is 0 Å². The van der Waals surface area contributed by atoms with Crippen molar-refractivity contribution in [2.45, 2.75) is 51.7 Å². The highest BCUT2D eigenvalue weighted by Crippen LogP contribution is 2.30. The summed E-state index contributed by atoms with van der Waals surface area (Å²) in [6.07, 6.45) is 7.84. The van der Waals surface area contributed by atoms with Crippen LogP contribution in [-0.4, -0.2) is 60.2 Å². The maximum absolute atomic E-state index is 12.3. The Bertz CT molecular complexity index is 1190. The van der Waals surface area contributed by atoms with Gasteiger partial charge in [0.25, 0.3) is 0 Å². The number of nitrogens with one attached hydrogen (secondary N) is 1. The normalized spacial score (nSPS) is 17.5. The van der Waals surface area contributed by atoms with Crippen LogP contribution in [0.3, 0.4) is 0 Å². The Morgan fingerprint density at radius 3 is 2.92 bits per heavy atom. The number of alkyl halides is 1. The first kappa shape index (κ1) is 25.3. The number of hydrogen-bond acceptors (Lipinski definition) is 9. The topological polar surface area (TPSA) is 137 Å². The van der Waals surface area contributed by atoms with E-state index in [9.17, 15) is 14.3 Å². The molecule has 3 aromatic heterocycles. The Morgan fingerprint density at radius 1 is 1.28 bits per heavy atom. The first-order valence-corrected chi connectivity index (χ1v) is 11.9. The number of rotatable bonds is 11. The van der Waals surface area contributed by atoms with Gasteiger partial charge in [-0.1, -0.05) is 0 Å². The zero-order valence-electron chi connectivity index (χ0n) is 20.4. The van der Waals surface area contributed by atoms with Gasteiger partial charge in [-0.2, -0.15) is 10.1 Å². The molecule has 0 aliphatic heterocycles. The number of nitrogens with zero attached hydrogens (tertiary/aromatic N) is 6. The van der Waals surface area contributed by atoms with Gasteiger partial charge in [-0.05, 0) is 32.6 Å². The number of anilines is 1. The van der Waals surface area contributed by atoms with Crippen molar-refractivity contribution in [3.63, 3.8) is 0 Å². The van der Waals surface area contributed by atoms with E-state index in [0.29, 0.717) is 54.9 Å². The molecule has 2 atom stereocenters. The molecule has 3 heterocycles. The van der Waals surface area contributed by atoms with Crippen LogP contribution in [0.2, 0.25) is 0 Å². The molecule has 0 amide bonds. The van der Waals surface area contributed by atoms with Crippen LogP contribution in [0.15, 0.2) is 24.7 Å². The monoisotopic (exact) mass is 499 g/mol. The van der Waals surface area contributed by atoms with E-state index in [2.05, 4.69) is 30.4 Å². The van der Waals surface area contributed by atoms with Crippen LogP contribution < -0.4 is 14.8 Å². The Kier molecular flexibility index (Phi) is 8.24. The van der Waals surface area contributed by atoms with E-state index in [-0.39, 0.29) is 18.6 Å². The minimum absolute atomic E-state index is 0.164. The molecule has 0 aromatic carbocycles. The van der Waals surface area contributed by atoms with Gasteiger partial charge in [-0.25, -0.2) is 15.0 Å². The molecule has 12 heteroatoms. The largest absolute Gasteiger partial charge is 0.487 e. The Labute approximate surface area is 208 Å². The van der Waals surface area contributed by atoms with Crippen LogP contribution in [-0.2, 0) is 18.4 Å². The van der Waals surface area contributed by atoms with E-state index in [4.69, 9.17) is 9.47 Å². The molecule has 1 aliphatic rings.